The van der Waals surface area contributed by atoms with Crippen molar-refractivity contribution in [2.75, 3.05) is 27.2 Å². The number of carbonyl (C=O) groups excluding carboxylic acids is 1. The van der Waals surface area contributed by atoms with Gasteiger partial charge in [-0.15, -0.1) is 0 Å². The van der Waals surface area contributed by atoms with E-state index in [4.69, 9.17) is 17.7 Å². The van der Waals surface area contributed by atoms with Gasteiger partial charge in [-0.05, 0) is 49.9 Å². The van der Waals surface area contributed by atoms with Crippen molar-refractivity contribution in [2.45, 2.75) is 44.8 Å². The maximum Gasteiger partial charge on any atom is 0.161 e. The van der Waals surface area contributed by atoms with Crippen molar-refractivity contribution in [3.63, 3.8) is 0 Å². The number of fused-ring (bicyclic) bond motifs is 3. The van der Waals surface area contributed by atoms with Gasteiger partial charge in [-0.2, -0.15) is 0 Å². The average Bonchev–Trinajstić information content (AvgIpc) is 2.52. The van der Waals surface area contributed by atoms with Gasteiger partial charge in [-0.25, -0.2) is 0 Å². The van der Waals surface area contributed by atoms with E-state index >= 15 is 0 Å². The van der Waals surface area contributed by atoms with Gasteiger partial charge in [0.1, 0.15) is 5.78 Å². The number of ketones is 1. The van der Waals surface area contributed by atoms with Gasteiger partial charge in [-0.1, -0.05) is 0 Å². The summed E-state index contributed by atoms with van der Waals surface area (Å²) in [6, 6.07) is 2.75. The van der Waals surface area contributed by atoms with E-state index in [0.29, 0.717) is 25.9 Å². The Morgan fingerprint density at radius 2 is 2.04 bits per heavy atom. The van der Waals surface area contributed by atoms with Crippen LogP contribution in [0.3, 0.4) is 0 Å². The summed E-state index contributed by atoms with van der Waals surface area (Å²) < 4.78 is 54.2. The quantitative estimate of drug-likeness (QED) is 0.912. The fourth-order valence-corrected chi connectivity index (χ4v) is 3.90. The van der Waals surface area contributed by atoms with E-state index in [9.17, 15) is 9.90 Å². The highest BCUT2D eigenvalue weighted by atomic mass is 16.5. The van der Waals surface area contributed by atoms with Gasteiger partial charge < -0.3 is 14.6 Å². The van der Waals surface area contributed by atoms with Crippen molar-refractivity contribution in [3.8, 4) is 11.5 Å². The standard InChI is InChI=1S/C19H27NO4/c1-19(2,22)10-13-11-20-6-5-12-7-17(23-3)18(24-4)8-14(12)15(20)9-16(13)21/h7-8,13,15,22H,5-6,9-11H2,1-4H3/i3D3,4D3. The van der Waals surface area contributed by atoms with E-state index in [-0.39, 0.29) is 35.7 Å². The Balaban J connectivity index is 1.94. The number of nitrogens with zero attached hydrogens (tertiary/aromatic N) is 1. The lowest BCUT2D eigenvalue weighted by Gasteiger charge is -2.44. The third kappa shape index (κ3) is 3.28. The molecule has 24 heavy (non-hydrogen) atoms. The maximum atomic E-state index is 12.7. The number of rotatable bonds is 4. The maximum absolute atomic E-state index is 12.7. The van der Waals surface area contributed by atoms with E-state index in [1.165, 1.54) is 12.1 Å². The molecule has 1 fully saturated rings. The first-order valence-electron chi connectivity index (χ1n) is 11.2. The lowest BCUT2D eigenvalue weighted by molar-refractivity contribution is -0.131. The fraction of sp³-hybridized carbons (Fsp3) is 0.632. The van der Waals surface area contributed by atoms with E-state index in [2.05, 4.69) is 4.90 Å². The first-order chi connectivity index (χ1) is 13.6. The molecule has 5 nitrogen and oxygen atoms in total. The van der Waals surface area contributed by atoms with Crippen molar-refractivity contribution < 1.29 is 27.6 Å². The Morgan fingerprint density at radius 1 is 1.33 bits per heavy atom. The molecule has 1 saturated heterocycles. The molecule has 1 aromatic rings. The number of carbonyl (C=O) groups is 1. The Kier molecular flexibility index (Phi) is 2.95. The zero-order chi connectivity index (χ0) is 22.5. The molecule has 1 aromatic carbocycles. The number of benzene rings is 1. The van der Waals surface area contributed by atoms with Crippen LogP contribution < -0.4 is 9.47 Å². The number of hydrogen-bond acceptors (Lipinski definition) is 5. The minimum atomic E-state index is -2.78. The fourth-order valence-electron chi connectivity index (χ4n) is 3.90. The Labute approximate surface area is 152 Å². The van der Waals surface area contributed by atoms with Crippen LogP contribution in [0.4, 0.5) is 0 Å². The van der Waals surface area contributed by atoms with Crippen LogP contribution >= 0.6 is 0 Å². The van der Waals surface area contributed by atoms with Crippen LogP contribution in [0.15, 0.2) is 12.1 Å². The van der Waals surface area contributed by atoms with Crippen molar-refractivity contribution in [2.24, 2.45) is 5.92 Å². The predicted octanol–water partition coefficient (Wildman–Crippen LogP) is 2.35. The lowest BCUT2D eigenvalue weighted by Crippen LogP contribution is -2.47. The third-order valence-electron chi connectivity index (χ3n) is 4.94. The minimum absolute atomic E-state index is 0.0485. The van der Waals surface area contributed by atoms with Crippen LogP contribution in [0.25, 0.3) is 0 Å². The van der Waals surface area contributed by atoms with Crippen LogP contribution in [0, 0.1) is 5.92 Å². The SMILES string of the molecule is [2H]C([2H])([2H])Oc1cc2c(cc1OC([2H])([2H])[2H])C1CC(=O)C(CC(C)(C)O)CN1CC2. The number of ether oxygens (including phenoxy) is 2. The molecule has 132 valence electrons. The molecule has 2 atom stereocenters. The molecular weight excluding hydrogens is 306 g/mol. The molecule has 3 rings (SSSR count). The summed E-state index contributed by atoms with van der Waals surface area (Å²) in [5.41, 5.74) is 0.610. The molecule has 0 aliphatic carbocycles. The molecule has 0 radical (unpaired) electrons. The zero-order valence-electron chi connectivity index (χ0n) is 20.0. The molecule has 0 bridgehead atoms. The predicted molar refractivity (Wildman–Crippen MR) is 91.6 cm³/mol. The highest BCUT2D eigenvalue weighted by Gasteiger charge is 2.40. The minimum Gasteiger partial charge on any atom is -0.493 e. The van der Waals surface area contributed by atoms with E-state index in [0.717, 1.165) is 11.1 Å². The number of piperidine rings is 1. The van der Waals surface area contributed by atoms with Crippen molar-refractivity contribution >= 4 is 5.78 Å². The summed E-state index contributed by atoms with van der Waals surface area (Å²) >= 11 is 0. The monoisotopic (exact) mass is 339 g/mol. The molecular formula is C19H27NO4. The molecule has 0 spiro atoms. The Hall–Kier alpha value is -1.59. The van der Waals surface area contributed by atoms with Crippen LogP contribution in [0.2, 0.25) is 0 Å². The number of aliphatic hydroxyl groups is 1. The summed E-state index contributed by atoms with van der Waals surface area (Å²) in [5.74, 6) is -0.551. The highest BCUT2D eigenvalue weighted by Crippen LogP contribution is 2.42. The van der Waals surface area contributed by atoms with Crippen LogP contribution in [-0.4, -0.2) is 48.6 Å². The highest BCUT2D eigenvalue weighted by molar-refractivity contribution is 5.83. The molecule has 2 heterocycles. The van der Waals surface area contributed by atoms with Gasteiger partial charge in [0.2, 0.25) is 0 Å². The smallest absolute Gasteiger partial charge is 0.161 e. The summed E-state index contributed by atoms with van der Waals surface area (Å²) in [5, 5.41) is 10.1. The van der Waals surface area contributed by atoms with Gasteiger partial charge in [0.15, 0.2) is 11.5 Å². The van der Waals surface area contributed by atoms with Crippen LogP contribution in [0.5, 0.6) is 11.5 Å². The second kappa shape index (κ2) is 6.37. The Bertz CT molecular complexity index is 815. The molecule has 0 amide bonds. The zero-order valence-corrected chi connectivity index (χ0v) is 14.0. The van der Waals surface area contributed by atoms with Crippen molar-refractivity contribution in [1.29, 1.82) is 0 Å². The number of hydrogen-bond donors (Lipinski definition) is 1. The molecule has 2 aliphatic rings. The first kappa shape index (κ1) is 11.1. The van der Waals surface area contributed by atoms with Crippen molar-refractivity contribution in [1.82, 2.24) is 4.90 Å². The summed E-state index contributed by atoms with van der Waals surface area (Å²) in [7, 11) is -5.54. The molecule has 0 aromatic heterocycles. The van der Waals surface area contributed by atoms with E-state index < -0.39 is 19.7 Å². The van der Waals surface area contributed by atoms with E-state index in [1.54, 1.807) is 13.8 Å². The summed E-state index contributed by atoms with van der Waals surface area (Å²) in [4.78, 5) is 14.9. The number of Topliss-reactive ketones (excluding diaryl/α,β-unsaturated/α-hetero) is 1. The average molecular weight is 339 g/mol. The van der Waals surface area contributed by atoms with Crippen LogP contribution in [-0.2, 0) is 11.2 Å². The molecule has 2 unspecified atom stereocenters. The second-order valence-corrected chi connectivity index (χ2v) is 7.35. The number of methoxy groups -OCH3 is 2. The third-order valence-corrected chi connectivity index (χ3v) is 4.94. The summed E-state index contributed by atoms with van der Waals surface area (Å²) in [6.45, 7) is 4.54. The lowest BCUT2D eigenvalue weighted by atomic mass is 9.79. The molecule has 0 saturated carbocycles. The van der Waals surface area contributed by atoms with Crippen molar-refractivity contribution in [3.05, 3.63) is 23.3 Å². The van der Waals surface area contributed by atoms with Crippen LogP contribution in [0.1, 0.15) is 52.1 Å². The van der Waals surface area contributed by atoms with E-state index in [1.807, 2.05) is 0 Å². The van der Waals surface area contributed by atoms with Gasteiger partial charge in [0.05, 0.1) is 27.9 Å². The molecule has 1 N–H and O–H groups in total. The molecule has 2 aliphatic heterocycles. The van der Waals surface area contributed by atoms with Gasteiger partial charge in [0, 0.05) is 31.5 Å². The Morgan fingerprint density at radius 3 is 2.71 bits per heavy atom. The van der Waals surface area contributed by atoms with Gasteiger partial charge in [-0.3, -0.25) is 9.69 Å². The normalized spacial score (nSPS) is 29.0. The molecule has 5 heteroatoms. The first-order valence-corrected chi connectivity index (χ1v) is 8.15. The van der Waals surface area contributed by atoms with Gasteiger partial charge in [0.25, 0.3) is 0 Å². The summed E-state index contributed by atoms with van der Waals surface area (Å²) in [6.07, 6.45) is 1.21. The van der Waals surface area contributed by atoms with Gasteiger partial charge >= 0.3 is 0 Å². The second-order valence-electron chi connectivity index (χ2n) is 7.35. The largest absolute Gasteiger partial charge is 0.493 e. The topological polar surface area (TPSA) is 59.0 Å².